The van der Waals surface area contributed by atoms with Gasteiger partial charge < -0.3 is 19.3 Å². The number of fused-ring (bicyclic) bond motifs is 1. The zero-order valence-corrected chi connectivity index (χ0v) is 33.8. The summed E-state index contributed by atoms with van der Waals surface area (Å²) in [5.41, 5.74) is 1.97. The van der Waals surface area contributed by atoms with Crippen LogP contribution in [0.25, 0.3) is 0 Å². The van der Waals surface area contributed by atoms with Crippen molar-refractivity contribution in [1.82, 2.24) is 25.3 Å². The van der Waals surface area contributed by atoms with Crippen molar-refractivity contribution in [2.75, 3.05) is 62.7 Å². The number of benzene rings is 2. The monoisotopic (exact) mass is 822 g/mol. The van der Waals surface area contributed by atoms with Crippen LogP contribution in [0.15, 0.2) is 42.5 Å². The number of nitrogens with one attached hydrogen (secondary N) is 1. The summed E-state index contributed by atoms with van der Waals surface area (Å²) in [4.78, 5) is 72.2. The number of piperazine rings is 1. The lowest BCUT2D eigenvalue weighted by molar-refractivity contribution is -0.136. The van der Waals surface area contributed by atoms with E-state index in [4.69, 9.17) is 26.3 Å². The maximum atomic E-state index is 13.5. The lowest BCUT2D eigenvalue weighted by Crippen LogP contribution is -2.54. The summed E-state index contributed by atoms with van der Waals surface area (Å²) < 4.78 is 11.7. The third kappa shape index (κ3) is 8.60. The third-order valence-electron chi connectivity index (χ3n) is 12.5. The molecule has 0 radical (unpaired) electrons. The number of imide groups is 2. The minimum absolute atomic E-state index is 0.0152. The van der Waals surface area contributed by atoms with Crippen molar-refractivity contribution in [3.63, 3.8) is 0 Å². The standard InChI is InChI=1S/C43H47ClN8O7/c1-58-37-22-29(21-32-40(37)43(57)52(42(32)56)35-9-11-39(54)46-41(35)55)50-18-16-49(17-19-50)25-27-12-14-51(15-13-27)38-10-8-34(47-48-38)36(53)20-26-2-5-30(6-3-26)59-31-7-4-28(24-45)33(44)23-31/h4,7-8,10,21-23,26-27,30,35H,2-3,5-6,9,11-20,25H2,1H3,(H,46,54,55). The molecule has 16 heteroatoms. The maximum Gasteiger partial charge on any atom is 0.266 e. The van der Waals surface area contributed by atoms with Gasteiger partial charge in [-0.05, 0) is 87.1 Å². The highest BCUT2D eigenvalue weighted by Gasteiger charge is 2.46. The summed E-state index contributed by atoms with van der Waals surface area (Å²) in [6, 6.07) is 13.4. The second-order valence-corrected chi connectivity index (χ2v) is 16.6. The Morgan fingerprint density at radius 2 is 1.63 bits per heavy atom. The molecule has 5 aliphatic rings. The Bertz CT molecular complexity index is 2170. The molecule has 4 aliphatic heterocycles. The van der Waals surface area contributed by atoms with E-state index in [1.165, 1.54) is 7.11 Å². The van der Waals surface area contributed by atoms with Gasteiger partial charge in [-0.15, -0.1) is 10.2 Å². The molecule has 0 spiro atoms. The molecule has 4 fully saturated rings. The number of halogens is 1. The number of carbonyl (C=O) groups excluding carboxylic acids is 5. The smallest absolute Gasteiger partial charge is 0.266 e. The Balaban J connectivity index is 0.772. The zero-order chi connectivity index (χ0) is 41.2. The molecule has 1 unspecified atom stereocenters. The average Bonchev–Trinajstić information content (AvgIpc) is 3.50. The Hall–Kier alpha value is -5.59. The Labute approximate surface area is 347 Å². The molecule has 0 bridgehead atoms. The van der Waals surface area contributed by atoms with Gasteiger partial charge in [-0.25, -0.2) is 0 Å². The predicted octanol–water partition coefficient (Wildman–Crippen LogP) is 4.66. The highest BCUT2D eigenvalue weighted by Crippen LogP contribution is 2.38. The van der Waals surface area contributed by atoms with Crippen LogP contribution >= 0.6 is 11.6 Å². The zero-order valence-electron chi connectivity index (χ0n) is 33.0. The van der Waals surface area contributed by atoms with Crippen molar-refractivity contribution in [3.05, 3.63) is 69.9 Å². The van der Waals surface area contributed by atoms with E-state index in [9.17, 15) is 24.0 Å². The normalized spacial score (nSPS) is 22.9. The van der Waals surface area contributed by atoms with Crippen molar-refractivity contribution in [1.29, 1.82) is 5.26 Å². The molecule has 59 heavy (non-hydrogen) atoms. The molecule has 2 aromatic carbocycles. The fraction of sp³-hybridized carbons (Fsp3) is 0.488. The molecular formula is C43H47ClN8O7. The summed E-state index contributed by atoms with van der Waals surface area (Å²) in [5.74, 6) is 0.373. The van der Waals surface area contributed by atoms with Crippen LogP contribution in [0.5, 0.6) is 11.5 Å². The fourth-order valence-corrected chi connectivity index (χ4v) is 9.31. The van der Waals surface area contributed by atoms with Crippen LogP contribution in [0.3, 0.4) is 0 Å². The number of piperidine rings is 2. The summed E-state index contributed by atoms with van der Waals surface area (Å²) in [6.45, 7) is 5.89. The van der Waals surface area contributed by atoms with Crippen molar-refractivity contribution >= 4 is 52.5 Å². The number of nitriles is 1. The third-order valence-corrected chi connectivity index (χ3v) is 12.8. The van der Waals surface area contributed by atoms with Gasteiger partial charge >= 0.3 is 0 Å². The van der Waals surface area contributed by atoms with Gasteiger partial charge in [0.25, 0.3) is 11.8 Å². The second-order valence-electron chi connectivity index (χ2n) is 16.2. The quantitative estimate of drug-likeness (QED) is 0.209. The van der Waals surface area contributed by atoms with Crippen LogP contribution in [0.1, 0.15) is 94.6 Å². The Kier molecular flexibility index (Phi) is 11.8. The predicted molar refractivity (Wildman–Crippen MR) is 217 cm³/mol. The number of amides is 4. The first-order chi connectivity index (χ1) is 28.6. The summed E-state index contributed by atoms with van der Waals surface area (Å²) in [7, 11) is 1.46. The number of hydrogen-bond acceptors (Lipinski definition) is 13. The van der Waals surface area contributed by atoms with E-state index in [1.54, 1.807) is 36.4 Å². The molecule has 1 aromatic heterocycles. The first kappa shape index (κ1) is 40.2. The molecule has 3 saturated heterocycles. The summed E-state index contributed by atoms with van der Waals surface area (Å²) in [5, 5.41) is 20.5. The molecule has 1 aliphatic carbocycles. The van der Waals surface area contributed by atoms with E-state index in [1.807, 2.05) is 6.07 Å². The minimum Gasteiger partial charge on any atom is -0.496 e. The van der Waals surface area contributed by atoms with E-state index < -0.39 is 29.7 Å². The Morgan fingerprint density at radius 1 is 0.864 bits per heavy atom. The largest absolute Gasteiger partial charge is 0.496 e. The van der Waals surface area contributed by atoms with Gasteiger partial charge in [-0.2, -0.15) is 5.26 Å². The molecule has 15 nitrogen and oxygen atoms in total. The van der Waals surface area contributed by atoms with Crippen LogP contribution in [-0.4, -0.2) is 114 Å². The highest BCUT2D eigenvalue weighted by atomic mass is 35.5. The van der Waals surface area contributed by atoms with Gasteiger partial charge in [0.1, 0.15) is 29.3 Å². The van der Waals surface area contributed by atoms with Crippen LogP contribution in [0, 0.1) is 23.2 Å². The molecule has 1 saturated carbocycles. The highest BCUT2D eigenvalue weighted by molar-refractivity contribution is 6.31. The number of carbonyl (C=O) groups is 5. The number of Topliss-reactive ketones (excluding diaryl/α,β-unsaturated/α-hetero) is 1. The number of rotatable bonds is 11. The molecular weight excluding hydrogens is 776 g/mol. The number of ketones is 1. The van der Waals surface area contributed by atoms with Crippen molar-refractivity contribution in [2.45, 2.75) is 69.9 Å². The van der Waals surface area contributed by atoms with Crippen molar-refractivity contribution in [3.8, 4) is 17.6 Å². The second kappa shape index (κ2) is 17.3. The maximum absolute atomic E-state index is 13.5. The van der Waals surface area contributed by atoms with Gasteiger partial charge in [-0.3, -0.25) is 39.1 Å². The lowest BCUT2D eigenvalue weighted by Gasteiger charge is -2.40. The van der Waals surface area contributed by atoms with E-state index >= 15 is 0 Å². The van der Waals surface area contributed by atoms with E-state index in [2.05, 4.69) is 36.3 Å². The van der Waals surface area contributed by atoms with Crippen LogP contribution < -0.4 is 24.6 Å². The van der Waals surface area contributed by atoms with Crippen LogP contribution in [0.2, 0.25) is 5.02 Å². The fourth-order valence-electron chi connectivity index (χ4n) is 9.10. The van der Waals surface area contributed by atoms with Gasteiger partial charge in [0.2, 0.25) is 11.8 Å². The number of hydrogen-bond donors (Lipinski definition) is 1. The van der Waals surface area contributed by atoms with Gasteiger partial charge in [0.05, 0.1) is 34.9 Å². The van der Waals surface area contributed by atoms with E-state index in [0.29, 0.717) is 40.1 Å². The van der Waals surface area contributed by atoms with Crippen molar-refractivity contribution in [2.24, 2.45) is 11.8 Å². The van der Waals surface area contributed by atoms with Gasteiger partial charge in [0, 0.05) is 76.5 Å². The summed E-state index contributed by atoms with van der Waals surface area (Å²) in [6.07, 6.45) is 6.17. The Morgan fingerprint density at radius 3 is 2.29 bits per heavy atom. The minimum atomic E-state index is -1.04. The molecule has 3 aromatic rings. The SMILES string of the molecule is COc1cc(N2CCN(CC3CCN(c4ccc(C(=O)CC5CCC(Oc6ccc(C#N)c(Cl)c6)CC5)nn4)CC3)CC2)cc2c1C(=O)N(C1CCC(=O)NC1=O)C2=O. The molecule has 4 amide bonds. The average molecular weight is 823 g/mol. The van der Waals surface area contributed by atoms with Gasteiger partial charge in [-0.1, -0.05) is 11.6 Å². The van der Waals surface area contributed by atoms with E-state index in [0.717, 1.165) is 101 Å². The topological polar surface area (TPSA) is 178 Å². The number of ether oxygens (including phenoxy) is 2. The number of methoxy groups -OCH3 is 1. The number of anilines is 2. The number of nitrogens with zero attached hydrogens (tertiary/aromatic N) is 7. The van der Waals surface area contributed by atoms with E-state index in [-0.39, 0.29) is 41.8 Å². The number of aromatic nitrogens is 2. The summed E-state index contributed by atoms with van der Waals surface area (Å²) >= 11 is 6.16. The van der Waals surface area contributed by atoms with Crippen LogP contribution in [-0.2, 0) is 9.59 Å². The van der Waals surface area contributed by atoms with Crippen molar-refractivity contribution < 1.29 is 33.4 Å². The molecule has 308 valence electrons. The molecule has 5 heterocycles. The molecule has 8 rings (SSSR count). The first-order valence-electron chi connectivity index (χ1n) is 20.5. The lowest BCUT2D eigenvalue weighted by atomic mass is 9.84. The van der Waals surface area contributed by atoms with Gasteiger partial charge in [0.15, 0.2) is 11.6 Å². The first-order valence-corrected chi connectivity index (χ1v) is 20.9. The molecule has 1 atom stereocenters. The van der Waals surface area contributed by atoms with Crippen LogP contribution in [0.4, 0.5) is 11.5 Å². The molecule has 1 N–H and O–H groups in total.